The number of carbonyl (C=O) groups excluding carboxylic acids is 1. The fraction of sp³-hybridized carbons (Fsp3) is 0.333. The molecule has 2 heterocycles. The Kier molecular flexibility index (Phi) is 5.14. The molecule has 150 valence electrons. The van der Waals surface area contributed by atoms with Gasteiger partial charge in [-0.1, -0.05) is 49.4 Å². The second-order valence-corrected chi connectivity index (χ2v) is 7.81. The van der Waals surface area contributed by atoms with E-state index >= 15 is 0 Å². The molecule has 2 atom stereocenters. The highest BCUT2D eigenvalue weighted by atomic mass is 16.5. The molecule has 29 heavy (non-hydrogen) atoms. The van der Waals surface area contributed by atoms with E-state index in [1.165, 1.54) is 5.56 Å². The van der Waals surface area contributed by atoms with Crippen LogP contribution < -0.4 is 10.1 Å². The number of fused-ring (bicyclic) bond motifs is 1. The molecule has 0 saturated heterocycles. The van der Waals surface area contributed by atoms with Crippen LogP contribution in [0.15, 0.2) is 48.5 Å². The number of para-hydroxylation sites is 1. The van der Waals surface area contributed by atoms with E-state index in [-0.39, 0.29) is 12.0 Å². The van der Waals surface area contributed by atoms with Crippen LogP contribution in [0.2, 0.25) is 0 Å². The van der Waals surface area contributed by atoms with Crippen LogP contribution in [-0.2, 0) is 13.1 Å². The van der Waals surface area contributed by atoms with Gasteiger partial charge in [0.2, 0.25) is 0 Å². The minimum Gasteiger partial charge on any atom is -0.489 e. The summed E-state index contributed by atoms with van der Waals surface area (Å²) in [5, 5.41) is 7.74. The number of nitrogens with zero attached hydrogens (tertiary/aromatic N) is 2. The monoisotopic (exact) mass is 389 g/mol. The maximum atomic E-state index is 12.9. The number of nitrogens with one attached hydrogen (secondary N) is 1. The zero-order chi connectivity index (χ0) is 20.5. The molecular weight excluding hydrogens is 362 g/mol. The molecule has 0 aliphatic carbocycles. The highest BCUT2D eigenvalue weighted by molar-refractivity contribution is 5.97. The first-order valence-corrected chi connectivity index (χ1v) is 10.1. The standard InChI is InChI=1S/C24H27N3O2/c1-15-18(4)29-23-20(15)11-8-12-21(23)24(28)25-13-22-16(2)26-27(17(22)3)14-19-9-6-5-7-10-19/h5-12,15,18H,13-14H2,1-4H3,(H,25,28)/t15-,18-/m1/s1. The molecule has 1 aliphatic heterocycles. The van der Waals surface area contributed by atoms with Crippen molar-refractivity contribution in [2.24, 2.45) is 0 Å². The Labute approximate surface area is 171 Å². The number of rotatable bonds is 5. The Balaban J connectivity index is 1.50. The number of amides is 1. The molecule has 0 unspecified atom stereocenters. The smallest absolute Gasteiger partial charge is 0.255 e. The maximum Gasteiger partial charge on any atom is 0.255 e. The molecular formula is C24H27N3O2. The summed E-state index contributed by atoms with van der Waals surface area (Å²) in [6.45, 7) is 9.38. The Morgan fingerprint density at radius 2 is 1.86 bits per heavy atom. The van der Waals surface area contributed by atoms with Crippen LogP contribution in [0, 0.1) is 13.8 Å². The fourth-order valence-electron chi connectivity index (χ4n) is 3.93. The molecule has 0 fully saturated rings. The molecule has 1 aromatic heterocycles. The first-order chi connectivity index (χ1) is 14.0. The average Bonchev–Trinajstić information content (AvgIpc) is 3.16. The number of benzene rings is 2. The summed E-state index contributed by atoms with van der Waals surface area (Å²) in [5.41, 5.74) is 5.98. The number of carbonyl (C=O) groups is 1. The number of hydrogen-bond donors (Lipinski definition) is 1. The van der Waals surface area contributed by atoms with E-state index in [0.717, 1.165) is 34.8 Å². The first kappa shape index (κ1) is 19.2. The molecule has 1 amide bonds. The summed E-state index contributed by atoms with van der Waals surface area (Å²) in [7, 11) is 0. The Bertz CT molecular complexity index is 1040. The summed E-state index contributed by atoms with van der Waals surface area (Å²) in [6, 6.07) is 16.1. The number of aryl methyl sites for hydroxylation is 1. The van der Waals surface area contributed by atoms with Crippen LogP contribution in [0.1, 0.15) is 58.2 Å². The molecule has 5 heteroatoms. The molecule has 1 aliphatic rings. The molecule has 4 rings (SSSR count). The van der Waals surface area contributed by atoms with Gasteiger partial charge in [-0.15, -0.1) is 0 Å². The fourth-order valence-corrected chi connectivity index (χ4v) is 3.93. The number of aromatic nitrogens is 2. The van der Waals surface area contributed by atoms with Gasteiger partial charge in [0.25, 0.3) is 5.91 Å². The highest BCUT2D eigenvalue weighted by Crippen LogP contribution is 2.40. The maximum absolute atomic E-state index is 12.9. The lowest BCUT2D eigenvalue weighted by molar-refractivity contribution is 0.0946. The van der Waals surface area contributed by atoms with Crippen molar-refractivity contribution in [3.05, 3.63) is 82.2 Å². The second kappa shape index (κ2) is 7.74. The van der Waals surface area contributed by atoms with E-state index in [1.807, 2.05) is 54.9 Å². The van der Waals surface area contributed by atoms with E-state index < -0.39 is 0 Å². The van der Waals surface area contributed by atoms with Crippen molar-refractivity contribution in [3.63, 3.8) is 0 Å². The molecule has 5 nitrogen and oxygen atoms in total. The average molecular weight is 389 g/mol. The molecule has 0 radical (unpaired) electrons. The van der Waals surface area contributed by atoms with E-state index in [1.54, 1.807) is 0 Å². The molecule has 0 spiro atoms. The molecule has 0 bridgehead atoms. The topological polar surface area (TPSA) is 56.2 Å². The molecule has 2 aromatic carbocycles. The second-order valence-electron chi connectivity index (χ2n) is 7.81. The number of ether oxygens (including phenoxy) is 1. The van der Waals surface area contributed by atoms with E-state index in [9.17, 15) is 4.79 Å². The van der Waals surface area contributed by atoms with Crippen LogP contribution in [0.25, 0.3) is 0 Å². The van der Waals surface area contributed by atoms with E-state index in [2.05, 4.69) is 36.4 Å². The van der Waals surface area contributed by atoms with Gasteiger partial charge in [-0.05, 0) is 32.4 Å². The first-order valence-electron chi connectivity index (χ1n) is 10.1. The van der Waals surface area contributed by atoms with Gasteiger partial charge >= 0.3 is 0 Å². The van der Waals surface area contributed by atoms with Crippen molar-refractivity contribution in [1.82, 2.24) is 15.1 Å². The van der Waals surface area contributed by atoms with E-state index in [4.69, 9.17) is 4.74 Å². The third kappa shape index (κ3) is 3.65. The van der Waals surface area contributed by atoms with Crippen molar-refractivity contribution in [2.75, 3.05) is 0 Å². The molecule has 1 N–H and O–H groups in total. The highest BCUT2D eigenvalue weighted by Gasteiger charge is 2.31. The van der Waals surface area contributed by atoms with Crippen LogP contribution in [-0.4, -0.2) is 21.8 Å². The Morgan fingerprint density at radius 3 is 2.62 bits per heavy atom. The van der Waals surface area contributed by atoms with Gasteiger partial charge in [-0.25, -0.2) is 0 Å². The van der Waals surface area contributed by atoms with Crippen molar-refractivity contribution >= 4 is 5.91 Å². The van der Waals surface area contributed by atoms with E-state index in [0.29, 0.717) is 18.0 Å². The van der Waals surface area contributed by atoms with Gasteiger partial charge in [0.05, 0.1) is 17.8 Å². The SMILES string of the molecule is Cc1nn(Cc2ccccc2)c(C)c1CNC(=O)c1cccc2c1O[C@H](C)[C@H]2C. The van der Waals surface area contributed by atoms with Gasteiger partial charge in [-0.2, -0.15) is 5.10 Å². The lowest BCUT2D eigenvalue weighted by Gasteiger charge is -2.11. The molecule has 0 saturated carbocycles. The van der Waals surface area contributed by atoms with Crippen LogP contribution >= 0.6 is 0 Å². The van der Waals surface area contributed by atoms with Gasteiger partial charge < -0.3 is 10.1 Å². The largest absolute Gasteiger partial charge is 0.489 e. The summed E-state index contributed by atoms with van der Waals surface area (Å²) >= 11 is 0. The third-order valence-electron chi connectivity index (χ3n) is 5.92. The minimum absolute atomic E-state index is 0.0830. The van der Waals surface area contributed by atoms with Crippen molar-refractivity contribution in [2.45, 2.75) is 52.8 Å². The van der Waals surface area contributed by atoms with Crippen molar-refractivity contribution in [1.29, 1.82) is 0 Å². The van der Waals surface area contributed by atoms with Crippen molar-refractivity contribution in [3.8, 4) is 5.75 Å². The van der Waals surface area contributed by atoms with Gasteiger partial charge in [-0.3, -0.25) is 9.48 Å². The summed E-state index contributed by atoms with van der Waals surface area (Å²) < 4.78 is 7.96. The van der Waals surface area contributed by atoms with Gasteiger partial charge in [0, 0.05) is 29.3 Å². The van der Waals surface area contributed by atoms with Gasteiger partial charge in [0.1, 0.15) is 11.9 Å². The lowest BCUT2D eigenvalue weighted by atomic mass is 9.97. The predicted molar refractivity (Wildman–Crippen MR) is 113 cm³/mol. The quantitative estimate of drug-likeness (QED) is 0.705. The third-order valence-corrected chi connectivity index (χ3v) is 5.92. The lowest BCUT2D eigenvalue weighted by Crippen LogP contribution is -2.24. The van der Waals surface area contributed by atoms with Crippen LogP contribution in [0.4, 0.5) is 0 Å². The zero-order valence-corrected chi connectivity index (χ0v) is 17.4. The minimum atomic E-state index is -0.113. The van der Waals surface area contributed by atoms with Crippen molar-refractivity contribution < 1.29 is 9.53 Å². The summed E-state index contributed by atoms with van der Waals surface area (Å²) in [4.78, 5) is 12.9. The normalized spacial score (nSPS) is 17.7. The number of hydrogen-bond acceptors (Lipinski definition) is 3. The predicted octanol–water partition coefficient (Wildman–Crippen LogP) is 4.36. The van der Waals surface area contributed by atoms with Gasteiger partial charge in [0.15, 0.2) is 0 Å². The zero-order valence-electron chi connectivity index (χ0n) is 17.4. The Hall–Kier alpha value is -3.08. The van der Waals surface area contributed by atoms with Crippen LogP contribution in [0.5, 0.6) is 5.75 Å². The summed E-state index contributed by atoms with van der Waals surface area (Å²) in [6.07, 6.45) is 0.0830. The molecule has 3 aromatic rings. The van der Waals surface area contributed by atoms with Crippen LogP contribution in [0.3, 0.4) is 0 Å². The Morgan fingerprint density at radius 1 is 1.10 bits per heavy atom. The summed E-state index contributed by atoms with van der Waals surface area (Å²) in [5.74, 6) is 0.898.